The first-order chi connectivity index (χ1) is 5.11. The standard InChI is InChI=1S/C8H13NOS/c1-5-3-7(4-11-5)8(10)6(2)9/h3-4,6,8,10H,9H2,1-2H3/t6-,8+/m1/s1. The molecule has 0 aliphatic heterocycles. The molecule has 1 heterocycles. The summed E-state index contributed by atoms with van der Waals surface area (Å²) in [5.41, 5.74) is 6.46. The van der Waals surface area contributed by atoms with Gasteiger partial charge in [0.25, 0.3) is 0 Å². The highest BCUT2D eigenvalue weighted by Crippen LogP contribution is 2.21. The topological polar surface area (TPSA) is 46.2 Å². The van der Waals surface area contributed by atoms with Gasteiger partial charge in [-0.2, -0.15) is 0 Å². The van der Waals surface area contributed by atoms with Crippen molar-refractivity contribution in [2.45, 2.75) is 26.0 Å². The molecule has 3 heteroatoms. The second-order valence-corrected chi connectivity index (χ2v) is 3.91. The number of rotatable bonds is 2. The van der Waals surface area contributed by atoms with Gasteiger partial charge in [0.1, 0.15) is 0 Å². The Morgan fingerprint density at radius 2 is 2.27 bits per heavy atom. The van der Waals surface area contributed by atoms with Crippen LogP contribution in [0.4, 0.5) is 0 Å². The number of aliphatic hydroxyl groups is 1. The van der Waals surface area contributed by atoms with Crippen LogP contribution in [0, 0.1) is 6.92 Å². The summed E-state index contributed by atoms with van der Waals surface area (Å²) < 4.78 is 0. The molecule has 2 nitrogen and oxygen atoms in total. The lowest BCUT2D eigenvalue weighted by Gasteiger charge is -2.11. The molecule has 0 spiro atoms. The van der Waals surface area contributed by atoms with Gasteiger partial charge in [-0.15, -0.1) is 11.3 Å². The summed E-state index contributed by atoms with van der Waals surface area (Å²) in [5, 5.41) is 11.4. The van der Waals surface area contributed by atoms with Crippen molar-refractivity contribution in [3.05, 3.63) is 21.9 Å². The number of hydrogen-bond donors (Lipinski definition) is 2. The molecule has 0 amide bonds. The minimum Gasteiger partial charge on any atom is -0.387 e. The molecule has 1 aromatic heterocycles. The lowest BCUT2D eigenvalue weighted by atomic mass is 10.1. The van der Waals surface area contributed by atoms with Crippen molar-refractivity contribution >= 4 is 11.3 Å². The van der Waals surface area contributed by atoms with Gasteiger partial charge < -0.3 is 10.8 Å². The number of nitrogens with two attached hydrogens (primary N) is 1. The summed E-state index contributed by atoms with van der Waals surface area (Å²) in [7, 11) is 0. The van der Waals surface area contributed by atoms with Crippen molar-refractivity contribution in [2.75, 3.05) is 0 Å². The quantitative estimate of drug-likeness (QED) is 0.707. The Morgan fingerprint density at radius 1 is 1.64 bits per heavy atom. The van der Waals surface area contributed by atoms with Crippen LogP contribution in [0.1, 0.15) is 23.5 Å². The van der Waals surface area contributed by atoms with Crippen molar-refractivity contribution in [2.24, 2.45) is 5.73 Å². The molecule has 0 aliphatic carbocycles. The van der Waals surface area contributed by atoms with Crippen LogP contribution in [0.25, 0.3) is 0 Å². The predicted octanol–water partition coefficient (Wildman–Crippen LogP) is 1.44. The molecule has 0 saturated carbocycles. The van der Waals surface area contributed by atoms with E-state index in [1.54, 1.807) is 18.3 Å². The predicted molar refractivity (Wildman–Crippen MR) is 47.7 cm³/mol. The van der Waals surface area contributed by atoms with Gasteiger partial charge in [-0.05, 0) is 30.9 Å². The molecule has 1 aromatic rings. The highest BCUT2D eigenvalue weighted by molar-refractivity contribution is 7.10. The van der Waals surface area contributed by atoms with Crippen molar-refractivity contribution in [1.82, 2.24) is 0 Å². The third-order valence-electron chi connectivity index (χ3n) is 1.59. The van der Waals surface area contributed by atoms with Gasteiger partial charge in [-0.25, -0.2) is 0 Å². The van der Waals surface area contributed by atoms with Crippen LogP contribution < -0.4 is 5.73 Å². The maximum Gasteiger partial charge on any atom is 0.0946 e. The zero-order valence-electron chi connectivity index (χ0n) is 6.74. The fourth-order valence-electron chi connectivity index (χ4n) is 0.922. The molecule has 0 radical (unpaired) electrons. The fourth-order valence-corrected chi connectivity index (χ4v) is 1.66. The summed E-state index contributed by atoms with van der Waals surface area (Å²) in [6.07, 6.45) is -0.514. The second-order valence-electron chi connectivity index (χ2n) is 2.79. The summed E-state index contributed by atoms with van der Waals surface area (Å²) in [4.78, 5) is 1.21. The Balaban J connectivity index is 2.76. The average Bonchev–Trinajstić information content (AvgIpc) is 2.34. The molecule has 0 bridgehead atoms. The first-order valence-corrected chi connectivity index (χ1v) is 4.48. The molecule has 0 unspecified atom stereocenters. The molecule has 11 heavy (non-hydrogen) atoms. The van der Waals surface area contributed by atoms with Gasteiger partial charge in [-0.1, -0.05) is 0 Å². The van der Waals surface area contributed by atoms with Gasteiger partial charge >= 0.3 is 0 Å². The molecule has 62 valence electrons. The molecular formula is C8H13NOS. The Kier molecular flexibility index (Phi) is 2.65. The van der Waals surface area contributed by atoms with Crippen LogP contribution in [0.15, 0.2) is 11.4 Å². The minimum atomic E-state index is -0.514. The third-order valence-corrected chi connectivity index (χ3v) is 2.47. The van der Waals surface area contributed by atoms with Gasteiger partial charge in [0, 0.05) is 10.9 Å². The first-order valence-electron chi connectivity index (χ1n) is 3.60. The van der Waals surface area contributed by atoms with E-state index < -0.39 is 6.10 Å². The van der Waals surface area contributed by atoms with Crippen LogP contribution in [-0.2, 0) is 0 Å². The molecule has 0 aromatic carbocycles. The van der Waals surface area contributed by atoms with Gasteiger partial charge in [0.15, 0.2) is 0 Å². The lowest BCUT2D eigenvalue weighted by molar-refractivity contribution is 0.154. The van der Waals surface area contributed by atoms with E-state index in [1.807, 2.05) is 18.4 Å². The lowest BCUT2D eigenvalue weighted by Crippen LogP contribution is -2.23. The van der Waals surface area contributed by atoms with Crippen molar-refractivity contribution in [3.8, 4) is 0 Å². The van der Waals surface area contributed by atoms with E-state index in [9.17, 15) is 5.11 Å². The van der Waals surface area contributed by atoms with Crippen molar-refractivity contribution in [3.63, 3.8) is 0 Å². The summed E-state index contributed by atoms with van der Waals surface area (Å²) in [5.74, 6) is 0. The Bertz CT molecular complexity index is 232. The maximum atomic E-state index is 9.49. The zero-order chi connectivity index (χ0) is 8.43. The number of thiophene rings is 1. The molecule has 0 fully saturated rings. The van der Waals surface area contributed by atoms with E-state index in [0.717, 1.165) is 5.56 Å². The smallest absolute Gasteiger partial charge is 0.0946 e. The normalized spacial score (nSPS) is 16.4. The number of aryl methyl sites for hydroxylation is 1. The van der Waals surface area contributed by atoms with E-state index >= 15 is 0 Å². The number of aliphatic hydroxyl groups excluding tert-OH is 1. The number of hydrogen-bond acceptors (Lipinski definition) is 3. The maximum absolute atomic E-state index is 9.49. The van der Waals surface area contributed by atoms with E-state index in [-0.39, 0.29) is 6.04 Å². The van der Waals surface area contributed by atoms with Gasteiger partial charge in [0.05, 0.1) is 6.10 Å². The van der Waals surface area contributed by atoms with Crippen LogP contribution in [0.2, 0.25) is 0 Å². The van der Waals surface area contributed by atoms with Crippen LogP contribution in [-0.4, -0.2) is 11.1 Å². The van der Waals surface area contributed by atoms with E-state index in [0.29, 0.717) is 0 Å². The highest BCUT2D eigenvalue weighted by atomic mass is 32.1. The van der Waals surface area contributed by atoms with E-state index in [1.165, 1.54) is 4.88 Å². The molecule has 1 rings (SSSR count). The van der Waals surface area contributed by atoms with Crippen LogP contribution in [0.5, 0.6) is 0 Å². The van der Waals surface area contributed by atoms with E-state index in [2.05, 4.69) is 0 Å². The van der Waals surface area contributed by atoms with Gasteiger partial charge in [-0.3, -0.25) is 0 Å². The molecule has 2 atom stereocenters. The third kappa shape index (κ3) is 2.02. The minimum absolute atomic E-state index is 0.191. The Labute approximate surface area is 70.7 Å². The monoisotopic (exact) mass is 171 g/mol. The largest absolute Gasteiger partial charge is 0.387 e. The van der Waals surface area contributed by atoms with E-state index in [4.69, 9.17) is 5.73 Å². The Hall–Kier alpha value is -0.380. The summed E-state index contributed by atoms with van der Waals surface area (Å²) in [6, 6.07) is 1.78. The summed E-state index contributed by atoms with van der Waals surface area (Å²) >= 11 is 1.63. The SMILES string of the molecule is Cc1cc([C@@H](O)[C@@H](C)N)cs1. The molecular weight excluding hydrogens is 158 g/mol. The van der Waals surface area contributed by atoms with Crippen LogP contribution in [0.3, 0.4) is 0 Å². The summed E-state index contributed by atoms with van der Waals surface area (Å²) in [6.45, 7) is 3.82. The molecule has 0 saturated heterocycles. The van der Waals surface area contributed by atoms with Crippen molar-refractivity contribution in [1.29, 1.82) is 0 Å². The zero-order valence-corrected chi connectivity index (χ0v) is 7.56. The van der Waals surface area contributed by atoms with Gasteiger partial charge in [0.2, 0.25) is 0 Å². The fraction of sp³-hybridized carbons (Fsp3) is 0.500. The average molecular weight is 171 g/mol. The Morgan fingerprint density at radius 3 is 2.64 bits per heavy atom. The van der Waals surface area contributed by atoms with Crippen LogP contribution >= 0.6 is 11.3 Å². The second kappa shape index (κ2) is 3.34. The molecule has 0 aliphatic rings. The van der Waals surface area contributed by atoms with Crippen molar-refractivity contribution < 1.29 is 5.11 Å². The molecule has 3 N–H and O–H groups in total. The first kappa shape index (κ1) is 8.71. The highest BCUT2D eigenvalue weighted by Gasteiger charge is 2.12.